The lowest BCUT2D eigenvalue weighted by molar-refractivity contribution is -0.139. The van der Waals surface area contributed by atoms with E-state index in [4.69, 9.17) is 9.84 Å². The Morgan fingerprint density at radius 3 is 2.81 bits per heavy atom. The molecule has 7 nitrogen and oxygen atoms in total. The van der Waals surface area contributed by atoms with Gasteiger partial charge in [0.25, 0.3) is 5.91 Å². The SMILES string of the molecule is O=C(O)COc1cccc(NC(=O)c2ccncc2O)c1. The number of anilines is 1. The number of aliphatic carboxylic acids is 1. The lowest BCUT2D eigenvalue weighted by Gasteiger charge is -2.08. The van der Waals surface area contributed by atoms with E-state index < -0.39 is 18.5 Å². The van der Waals surface area contributed by atoms with E-state index in [9.17, 15) is 14.7 Å². The second kappa shape index (κ2) is 6.38. The number of rotatable bonds is 5. The first-order chi connectivity index (χ1) is 10.1. The Morgan fingerprint density at radius 1 is 1.29 bits per heavy atom. The summed E-state index contributed by atoms with van der Waals surface area (Å²) in [5.74, 6) is -1.51. The molecular formula is C14H12N2O5. The molecule has 0 aliphatic carbocycles. The average Bonchev–Trinajstić information content (AvgIpc) is 2.46. The zero-order chi connectivity index (χ0) is 15.2. The molecule has 0 unspecified atom stereocenters. The van der Waals surface area contributed by atoms with Crippen LogP contribution in [0.25, 0.3) is 0 Å². The summed E-state index contributed by atoms with van der Waals surface area (Å²) in [6.45, 7) is -0.470. The second-order valence-corrected chi connectivity index (χ2v) is 4.06. The maximum absolute atomic E-state index is 12.0. The number of nitrogens with one attached hydrogen (secondary N) is 1. The number of hydrogen-bond acceptors (Lipinski definition) is 5. The van der Waals surface area contributed by atoms with Crippen LogP contribution >= 0.6 is 0 Å². The number of aromatic hydroxyl groups is 1. The largest absolute Gasteiger partial charge is 0.505 e. The topological polar surface area (TPSA) is 109 Å². The van der Waals surface area contributed by atoms with Crippen molar-refractivity contribution in [3.8, 4) is 11.5 Å². The van der Waals surface area contributed by atoms with Crippen LogP contribution in [0, 0.1) is 0 Å². The number of carbonyl (C=O) groups excluding carboxylic acids is 1. The van der Waals surface area contributed by atoms with Crippen molar-refractivity contribution in [1.29, 1.82) is 0 Å². The summed E-state index contributed by atoms with van der Waals surface area (Å²) in [7, 11) is 0. The average molecular weight is 288 g/mol. The van der Waals surface area contributed by atoms with Crippen molar-refractivity contribution >= 4 is 17.6 Å². The zero-order valence-electron chi connectivity index (χ0n) is 10.8. The molecule has 7 heteroatoms. The van der Waals surface area contributed by atoms with Gasteiger partial charge in [0.1, 0.15) is 11.5 Å². The summed E-state index contributed by atoms with van der Waals surface area (Å²) in [5, 5.41) is 20.7. The predicted molar refractivity (Wildman–Crippen MR) is 73.4 cm³/mol. The highest BCUT2D eigenvalue weighted by molar-refractivity contribution is 6.06. The van der Waals surface area contributed by atoms with Gasteiger partial charge < -0.3 is 20.3 Å². The summed E-state index contributed by atoms with van der Waals surface area (Å²) in [4.78, 5) is 26.1. The number of aromatic nitrogens is 1. The molecule has 0 atom stereocenters. The molecule has 21 heavy (non-hydrogen) atoms. The number of ether oxygens (including phenoxy) is 1. The van der Waals surface area contributed by atoms with Crippen LogP contribution in [-0.4, -0.2) is 33.7 Å². The third-order valence-electron chi connectivity index (χ3n) is 2.50. The fraction of sp³-hybridized carbons (Fsp3) is 0.0714. The number of amides is 1. The first-order valence-electron chi connectivity index (χ1n) is 5.95. The van der Waals surface area contributed by atoms with E-state index in [1.807, 2.05) is 0 Å². The van der Waals surface area contributed by atoms with E-state index in [-0.39, 0.29) is 11.3 Å². The van der Waals surface area contributed by atoms with Gasteiger partial charge in [0.2, 0.25) is 0 Å². The molecule has 3 N–H and O–H groups in total. The van der Waals surface area contributed by atoms with Crippen LogP contribution in [0.2, 0.25) is 0 Å². The van der Waals surface area contributed by atoms with Gasteiger partial charge in [-0.3, -0.25) is 9.78 Å². The van der Waals surface area contributed by atoms with Gasteiger partial charge in [-0.25, -0.2) is 4.79 Å². The van der Waals surface area contributed by atoms with Crippen LogP contribution in [-0.2, 0) is 4.79 Å². The van der Waals surface area contributed by atoms with Crippen LogP contribution in [0.3, 0.4) is 0 Å². The van der Waals surface area contributed by atoms with Crippen molar-refractivity contribution in [2.45, 2.75) is 0 Å². The fourth-order valence-electron chi connectivity index (χ4n) is 1.59. The van der Waals surface area contributed by atoms with E-state index in [0.29, 0.717) is 11.4 Å². The molecule has 108 valence electrons. The number of nitrogens with zero attached hydrogens (tertiary/aromatic N) is 1. The van der Waals surface area contributed by atoms with Crippen molar-refractivity contribution in [3.63, 3.8) is 0 Å². The molecule has 0 aliphatic rings. The van der Waals surface area contributed by atoms with E-state index in [2.05, 4.69) is 10.3 Å². The minimum atomic E-state index is -1.09. The van der Waals surface area contributed by atoms with Crippen LogP contribution in [0.15, 0.2) is 42.7 Å². The molecule has 0 fully saturated rings. The van der Waals surface area contributed by atoms with Crippen molar-refractivity contribution in [3.05, 3.63) is 48.3 Å². The molecule has 2 aromatic rings. The molecular weight excluding hydrogens is 276 g/mol. The number of carboxylic acid groups (broad SMARTS) is 1. The third-order valence-corrected chi connectivity index (χ3v) is 2.50. The number of hydrogen-bond donors (Lipinski definition) is 3. The molecule has 1 amide bonds. The minimum absolute atomic E-state index is 0.0851. The highest BCUT2D eigenvalue weighted by atomic mass is 16.5. The summed E-state index contributed by atoms with van der Waals surface area (Å²) in [6, 6.07) is 7.67. The monoisotopic (exact) mass is 288 g/mol. The Labute approximate surface area is 119 Å². The van der Waals surface area contributed by atoms with Gasteiger partial charge in [0.15, 0.2) is 6.61 Å². The van der Waals surface area contributed by atoms with Gasteiger partial charge in [0.05, 0.1) is 11.8 Å². The lowest BCUT2D eigenvalue weighted by Crippen LogP contribution is -2.13. The number of carbonyl (C=O) groups is 2. The molecule has 0 bridgehead atoms. The summed E-state index contributed by atoms with van der Waals surface area (Å²) < 4.78 is 5.01. The number of pyridine rings is 1. The Morgan fingerprint density at radius 2 is 2.10 bits per heavy atom. The van der Waals surface area contributed by atoms with E-state index in [0.717, 1.165) is 0 Å². The molecule has 0 radical (unpaired) electrons. The molecule has 0 aliphatic heterocycles. The Hall–Kier alpha value is -3.09. The van der Waals surface area contributed by atoms with E-state index in [1.54, 1.807) is 18.2 Å². The number of benzene rings is 1. The quantitative estimate of drug-likeness (QED) is 0.769. The van der Waals surface area contributed by atoms with Crippen molar-refractivity contribution in [1.82, 2.24) is 4.98 Å². The van der Waals surface area contributed by atoms with Crippen LogP contribution in [0.1, 0.15) is 10.4 Å². The molecule has 2 rings (SSSR count). The molecule has 0 saturated carbocycles. The van der Waals surface area contributed by atoms with Gasteiger partial charge in [-0.2, -0.15) is 0 Å². The summed E-state index contributed by atoms with van der Waals surface area (Å²) in [6.07, 6.45) is 2.56. The molecule has 1 heterocycles. The van der Waals surface area contributed by atoms with Gasteiger partial charge >= 0.3 is 5.97 Å². The highest BCUT2D eigenvalue weighted by Gasteiger charge is 2.11. The highest BCUT2D eigenvalue weighted by Crippen LogP contribution is 2.20. The maximum Gasteiger partial charge on any atom is 0.341 e. The Balaban J connectivity index is 2.09. The summed E-state index contributed by atoms with van der Waals surface area (Å²) in [5.41, 5.74) is 0.501. The second-order valence-electron chi connectivity index (χ2n) is 4.06. The Bertz CT molecular complexity index is 672. The predicted octanol–water partition coefficient (Wildman–Crippen LogP) is 1.50. The van der Waals surface area contributed by atoms with Gasteiger partial charge in [-0.15, -0.1) is 0 Å². The smallest absolute Gasteiger partial charge is 0.341 e. The molecule has 1 aromatic carbocycles. The fourth-order valence-corrected chi connectivity index (χ4v) is 1.59. The first-order valence-corrected chi connectivity index (χ1v) is 5.95. The van der Waals surface area contributed by atoms with Crippen LogP contribution in [0.4, 0.5) is 5.69 Å². The van der Waals surface area contributed by atoms with Crippen molar-refractivity contribution < 1.29 is 24.5 Å². The maximum atomic E-state index is 12.0. The van der Waals surface area contributed by atoms with Gasteiger partial charge in [0, 0.05) is 18.0 Å². The third kappa shape index (κ3) is 3.93. The van der Waals surface area contributed by atoms with Gasteiger partial charge in [-0.05, 0) is 18.2 Å². The van der Waals surface area contributed by atoms with Crippen LogP contribution in [0.5, 0.6) is 11.5 Å². The Kier molecular flexibility index (Phi) is 4.35. The summed E-state index contributed by atoms with van der Waals surface area (Å²) >= 11 is 0. The molecule has 0 saturated heterocycles. The van der Waals surface area contributed by atoms with E-state index in [1.165, 1.54) is 24.5 Å². The van der Waals surface area contributed by atoms with E-state index >= 15 is 0 Å². The molecule has 0 spiro atoms. The van der Waals surface area contributed by atoms with Crippen LogP contribution < -0.4 is 10.1 Å². The van der Waals surface area contributed by atoms with Crippen molar-refractivity contribution in [2.75, 3.05) is 11.9 Å². The normalized spacial score (nSPS) is 9.90. The molecule has 1 aromatic heterocycles. The number of carboxylic acids is 1. The van der Waals surface area contributed by atoms with Gasteiger partial charge in [-0.1, -0.05) is 6.07 Å². The standard InChI is InChI=1S/C14H12N2O5/c17-12-7-15-5-4-11(12)14(20)16-9-2-1-3-10(6-9)21-8-13(18)19/h1-7,17H,8H2,(H,16,20)(H,18,19). The zero-order valence-corrected chi connectivity index (χ0v) is 10.8. The first kappa shape index (κ1) is 14.3. The van der Waals surface area contributed by atoms with Crippen molar-refractivity contribution in [2.24, 2.45) is 0 Å². The minimum Gasteiger partial charge on any atom is -0.505 e. The lowest BCUT2D eigenvalue weighted by atomic mass is 10.2.